The third-order valence-electron chi connectivity index (χ3n) is 7.31. The lowest BCUT2D eigenvalue weighted by atomic mass is 10.1. The summed E-state index contributed by atoms with van der Waals surface area (Å²) < 4.78 is 16.3. The molecular weight excluding hydrogens is 555 g/mol. The maximum absolute atomic E-state index is 13.7. The summed E-state index contributed by atoms with van der Waals surface area (Å²) in [5, 5.41) is 0. The normalized spacial score (nSPS) is 18.2. The van der Waals surface area contributed by atoms with Gasteiger partial charge in [-0.15, -0.1) is 0 Å². The molecule has 0 aromatic heterocycles. The number of ether oxygens (including phenoxy) is 2. The van der Waals surface area contributed by atoms with Crippen molar-refractivity contribution >= 4 is 60.8 Å². The predicted molar refractivity (Wildman–Crippen MR) is 152 cm³/mol. The molecule has 1 atom stereocenters. The number of nitrogens with zero attached hydrogens (tertiary/aromatic N) is 2. The van der Waals surface area contributed by atoms with E-state index in [1.54, 1.807) is 24.1 Å². The Morgan fingerprint density at radius 3 is 2.19 bits per heavy atom. The molecule has 37 heavy (non-hydrogen) atoms. The Balaban J connectivity index is 2.18. The molecule has 0 aliphatic carbocycles. The van der Waals surface area contributed by atoms with Crippen LogP contribution in [0.15, 0.2) is 23.9 Å². The van der Waals surface area contributed by atoms with Gasteiger partial charge >= 0.3 is 6.09 Å². The monoisotopic (exact) mass is 590 g/mol. The van der Waals surface area contributed by atoms with Crippen molar-refractivity contribution in [2.75, 3.05) is 25.2 Å². The van der Waals surface area contributed by atoms with Crippen molar-refractivity contribution in [2.45, 2.75) is 81.3 Å². The Bertz CT molecular complexity index is 1050. The lowest BCUT2D eigenvalue weighted by Crippen LogP contribution is -2.50. The Morgan fingerprint density at radius 1 is 1.08 bits per heavy atom. The molecule has 7 nitrogen and oxygen atoms in total. The van der Waals surface area contributed by atoms with Crippen LogP contribution in [-0.2, 0) is 4.74 Å². The number of rotatable bonds is 7. The molecular formula is C26H37Cl3N2O5Si. The van der Waals surface area contributed by atoms with E-state index in [4.69, 9.17) is 48.7 Å². The molecule has 0 spiro atoms. The first-order valence-corrected chi connectivity index (χ1v) is 15.8. The minimum absolute atomic E-state index is 0.220. The molecule has 0 fully saturated rings. The molecule has 2 amide bonds. The highest BCUT2D eigenvalue weighted by atomic mass is 35.6. The number of fused-ring (bicyclic) bond motifs is 2. The maximum Gasteiger partial charge on any atom is 0.414 e. The van der Waals surface area contributed by atoms with Crippen molar-refractivity contribution < 1.29 is 23.5 Å². The number of carbonyl (C=O) groups is 2. The third-order valence-corrected chi connectivity index (χ3v) is 13.6. The predicted octanol–water partition coefficient (Wildman–Crippen LogP) is 7.69. The highest BCUT2D eigenvalue weighted by Gasteiger charge is 2.48. The molecule has 1 aromatic carbocycles. The van der Waals surface area contributed by atoms with Crippen LogP contribution in [0.3, 0.4) is 0 Å². The first-order valence-electron chi connectivity index (χ1n) is 12.5. The molecule has 2 aliphatic rings. The minimum atomic E-state index is -2.38. The van der Waals surface area contributed by atoms with Crippen LogP contribution in [0.2, 0.25) is 16.6 Å². The Hall–Kier alpha value is -1.61. The molecule has 0 unspecified atom stereocenters. The van der Waals surface area contributed by atoms with Crippen molar-refractivity contribution in [3.63, 3.8) is 0 Å². The van der Waals surface area contributed by atoms with Gasteiger partial charge in [-0.1, -0.05) is 81.9 Å². The van der Waals surface area contributed by atoms with Gasteiger partial charge in [0.25, 0.3) is 14.2 Å². The highest BCUT2D eigenvalue weighted by molar-refractivity contribution is 6.78. The second-order valence-electron chi connectivity index (χ2n) is 10.8. The molecule has 0 bridgehead atoms. The fourth-order valence-corrected chi connectivity index (χ4v) is 11.2. The zero-order chi connectivity index (χ0) is 27.9. The summed E-state index contributed by atoms with van der Waals surface area (Å²) in [6, 6.07) is 3.15. The Kier molecular flexibility index (Phi) is 9.10. The van der Waals surface area contributed by atoms with E-state index in [0.29, 0.717) is 45.8 Å². The first-order chi connectivity index (χ1) is 17.1. The molecule has 0 saturated carbocycles. The smallest absolute Gasteiger partial charge is 0.414 e. The van der Waals surface area contributed by atoms with Gasteiger partial charge in [-0.25, -0.2) is 4.79 Å². The van der Waals surface area contributed by atoms with Gasteiger partial charge < -0.3 is 18.8 Å². The zero-order valence-corrected chi connectivity index (χ0v) is 26.0. The lowest BCUT2D eigenvalue weighted by Gasteiger charge is -2.42. The van der Waals surface area contributed by atoms with E-state index in [1.165, 1.54) is 4.90 Å². The average molecular weight is 592 g/mol. The zero-order valence-electron chi connectivity index (χ0n) is 22.7. The number of halogens is 3. The molecule has 1 aromatic rings. The minimum Gasteiger partial charge on any atom is -0.540 e. The van der Waals surface area contributed by atoms with Crippen molar-refractivity contribution in [2.24, 2.45) is 0 Å². The number of methoxy groups -OCH3 is 1. The van der Waals surface area contributed by atoms with Crippen LogP contribution < -0.4 is 14.1 Å². The lowest BCUT2D eigenvalue weighted by molar-refractivity contribution is 0.0793. The van der Waals surface area contributed by atoms with Crippen molar-refractivity contribution in [1.29, 1.82) is 0 Å². The van der Waals surface area contributed by atoms with E-state index in [2.05, 4.69) is 41.5 Å². The Labute approximate surface area is 236 Å². The molecule has 0 radical (unpaired) electrons. The van der Waals surface area contributed by atoms with Gasteiger partial charge in [-0.05, 0) is 36.0 Å². The second kappa shape index (κ2) is 11.2. The van der Waals surface area contributed by atoms with Crippen molar-refractivity contribution in [1.82, 2.24) is 4.90 Å². The van der Waals surface area contributed by atoms with E-state index in [0.717, 1.165) is 5.57 Å². The van der Waals surface area contributed by atoms with Crippen molar-refractivity contribution in [3.8, 4) is 11.5 Å². The number of alkyl halides is 3. The van der Waals surface area contributed by atoms with Gasteiger partial charge in [0.05, 0.1) is 30.9 Å². The molecule has 0 saturated heterocycles. The Morgan fingerprint density at radius 2 is 1.68 bits per heavy atom. The quantitative estimate of drug-likeness (QED) is 0.240. The molecule has 3 rings (SSSR count). The fraction of sp³-hybridized carbons (Fsp3) is 0.615. The number of hydrogen-bond acceptors (Lipinski definition) is 5. The summed E-state index contributed by atoms with van der Waals surface area (Å²) in [5.74, 6) is 0.724. The summed E-state index contributed by atoms with van der Waals surface area (Å²) in [6.07, 6.45) is 1.76. The summed E-state index contributed by atoms with van der Waals surface area (Å²) in [7, 11) is -0.833. The first kappa shape index (κ1) is 29.9. The summed E-state index contributed by atoms with van der Waals surface area (Å²) in [4.78, 5) is 30.1. The standard InChI is InChI=1S/C26H37Cl3N2O5Si/c1-15(2)37(16(3)4,17(5)6)36-23-11-21-20(10-22(23)34-8)24(32)30-12-18(7)9-19(30)13-31(21)25(33)35-14-26(27,28)29/h10-12,15-17,19H,9,13-14H2,1-8H3/t19-/m0/s1. The van der Waals surface area contributed by atoms with E-state index < -0.39 is 24.8 Å². The van der Waals surface area contributed by atoms with E-state index in [-0.39, 0.29) is 18.5 Å². The second-order valence-corrected chi connectivity index (χ2v) is 18.7. The number of amides is 2. The maximum atomic E-state index is 13.7. The number of benzene rings is 1. The topological polar surface area (TPSA) is 68.3 Å². The van der Waals surface area contributed by atoms with Crippen LogP contribution in [-0.4, -0.2) is 55.3 Å². The summed E-state index contributed by atoms with van der Waals surface area (Å²) in [5.41, 5.74) is 2.67. The van der Waals surface area contributed by atoms with E-state index >= 15 is 0 Å². The van der Waals surface area contributed by atoms with Crippen LogP contribution in [0.4, 0.5) is 10.5 Å². The largest absolute Gasteiger partial charge is 0.540 e. The molecule has 2 heterocycles. The summed E-state index contributed by atoms with van der Waals surface area (Å²) in [6.45, 7) is 14.9. The van der Waals surface area contributed by atoms with E-state index in [1.807, 2.05) is 13.1 Å². The number of carbonyl (C=O) groups excluding carboxylic acids is 2. The average Bonchev–Trinajstić information content (AvgIpc) is 3.12. The van der Waals surface area contributed by atoms with Gasteiger partial charge in [0.15, 0.2) is 5.75 Å². The van der Waals surface area contributed by atoms with Crippen LogP contribution in [0.5, 0.6) is 11.5 Å². The SMILES string of the molecule is COc1cc2c(cc1O[Si](C(C)C)(C(C)C)C(C)C)N(C(=O)OCC(Cl)(Cl)Cl)C[C@@H]1CC(C)=CN1C2=O. The molecule has 0 N–H and O–H groups in total. The van der Waals surface area contributed by atoms with Crippen LogP contribution in [0.1, 0.15) is 65.2 Å². The fourth-order valence-electron chi connectivity index (χ4n) is 5.81. The molecule has 11 heteroatoms. The van der Waals surface area contributed by atoms with Gasteiger partial charge in [-0.3, -0.25) is 9.69 Å². The highest BCUT2D eigenvalue weighted by Crippen LogP contribution is 2.47. The van der Waals surface area contributed by atoms with Crippen LogP contribution in [0, 0.1) is 0 Å². The van der Waals surface area contributed by atoms with Gasteiger partial charge in [0.2, 0.25) is 3.79 Å². The van der Waals surface area contributed by atoms with E-state index in [9.17, 15) is 9.59 Å². The third kappa shape index (κ3) is 6.02. The van der Waals surface area contributed by atoms with Gasteiger partial charge in [0, 0.05) is 12.3 Å². The van der Waals surface area contributed by atoms with Gasteiger partial charge in [0.1, 0.15) is 12.4 Å². The number of hydrogen-bond donors (Lipinski definition) is 0. The van der Waals surface area contributed by atoms with Crippen LogP contribution >= 0.6 is 34.8 Å². The summed E-state index contributed by atoms with van der Waals surface area (Å²) >= 11 is 17.5. The molecule has 2 aliphatic heterocycles. The number of anilines is 1. The van der Waals surface area contributed by atoms with Crippen LogP contribution in [0.25, 0.3) is 0 Å². The molecule has 206 valence electrons. The van der Waals surface area contributed by atoms with Gasteiger partial charge in [-0.2, -0.15) is 0 Å². The van der Waals surface area contributed by atoms with Crippen molar-refractivity contribution in [3.05, 3.63) is 29.5 Å².